The summed E-state index contributed by atoms with van der Waals surface area (Å²) in [6.45, 7) is 1.41. The second-order valence-corrected chi connectivity index (χ2v) is 8.11. The highest BCUT2D eigenvalue weighted by Gasteiger charge is 2.29. The van der Waals surface area contributed by atoms with E-state index >= 15 is 0 Å². The van der Waals surface area contributed by atoms with Gasteiger partial charge in [-0.3, -0.25) is 14.4 Å². The summed E-state index contributed by atoms with van der Waals surface area (Å²) in [5.74, 6) is -0.499. The van der Waals surface area contributed by atoms with Crippen LogP contribution in [0.3, 0.4) is 0 Å². The van der Waals surface area contributed by atoms with Crippen LogP contribution in [0.1, 0.15) is 39.1 Å². The monoisotopic (exact) mass is 429 g/mol. The summed E-state index contributed by atoms with van der Waals surface area (Å²) >= 11 is 0. The number of nitrogens with zero attached hydrogens (tertiary/aromatic N) is 1. The summed E-state index contributed by atoms with van der Waals surface area (Å²) in [6, 6.07) is 20.8. The molecule has 1 unspecified atom stereocenters. The number of likely N-dealkylation sites (tertiary alicyclic amines) is 1. The molecule has 0 spiro atoms. The molecule has 0 aromatic heterocycles. The van der Waals surface area contributed by atoms with Crippen molar-refractivity contribution in [2.24, 2.45) is 5.92 Å². The van der Waals surface area contributed by atoms with Gasteiger partial charge in [0.2, 0.25) is 5.91 Å². The zero-order chi connectivity index (χ0) is 22.5. The van der Waals surface area contributed by atoms with E-state index in [0.717, 1.165) is 29.2 Å². The van der Waals surface area contributed by atoms with Crippen molar-refractivity contribution in [3.8, 4) is 0 Å². The molecular formula is C26H27N3O3. The first-order valence-corrected chi connectivity index (χ1v) is 10.9. The average molecular weight is 430 g/mol. The molecule has 3 amide bonds. The fraction of sp³-hybridized carbons (Fsp3) is 0.269. The van der Waals surface area contributed by atoms with E-state index in [-0.39, 0.29) is 23.6 Å². The van der Waals surface area contributed by atoms with Gasteiger partial charge in [0.25, 0.3) is 11.8 Å². The molecule has 0 bridgehead atoms. The average Bonchev–Trinajstić information content (AvgIpc) is 2.86. The lowest BCUT2D eigenvalue weighted by atomic mass is 9.95. The number of hydrogen-bond acceptors (Lipinski definition) is 3. The van der Waals surface area contributed by atoms with Crippen LogP contribution in [0.4, 0.5) is 0 Å². The third-order valence-corrected chi connectivity index (χ3v) is 5.98. The summed E-state index contributed by atoms with van der Waals surface area (Å²) in [5, 5.41) is 7.54. The third-order valence-electron chi connectivity index (χ3n) is 5.98. The SMILES string of the molecule is CNC(=O)c1cccc(CNC(=O)C2CCCN(C(=O)c3cccc4ccccc34)C2)c1. The van der Waals surface area contributed by atoms with Crippen LogP contribution in [0.5, 0.6) is 0 Å². The van der Waals surface area contributed by atoms with E-state index in [0.29, 0.717) is 30.8 Å². The molecule has 3 aromatic rings. The Morgan fingerprint density at radius 1 is 1.00 bits per heavy atom. The number of piperidine rings is 1. The zero-order valence-electron chi connectivity index (χ0n) is 18.1. The minimum Gasteiger partial charge on any atom is -0.355 e. The lowest BCUT2D eigenvalue weighted by molar-refractivity contribution is -0.126. The standard InChI is InChI=1S/C26H27N3O3/c1-27-24(30)20-10-4-7-18(15-20)16-28-25(31)21-11-6-14-29(17-21)26(32)23-13-5-9-19-8-2-3-12-22(19)23/h2-5,7-10,12-13,15,21H,6,11,14,16-17H2,1H3,(H,27,30)(H,28,31). The molecule has 6 nitrogen and oxygen atoms in total. The van der Waals surface area contributed by atoms with Crippen molar-refractivity contribution in [2.45, 2.75) is 19.4 Å². The van der Waals surface area contributed by atoms with E-state index in [1.54, 1.807) is 30.1 Å². The molecule has 1 fully saturated rings. The molecule has 2 N–H and O–H groups in total. The molecule has 1 saturated heterocycles. The van der Waals surface area contributed by atoms with Crippen LogP contribution in [0.25, 0.3) is 10.8 Å². The Kier molecular flexibility index (Phi) is 6.50. The van der Waals surface area contributed by atoms with Gasteiger partial charge in [-0.15, -0.1) is 0 Å². The summed E-state index contributed by atoms with van der Waals surface area (Å²) in [6.07, 6.45) is 1.55. The third kappa shape index (κ3) is 4.64. The van der Waals surface area contributed by atoms with Gasteiger partial charge in [-0.2, -0.15) is 0 Å². The highest BCUT2D eigenvalue weighted by Crippen LogP contribution is 2.23. The zero-order valence-corrected chi connectivity index (χ0v) is 18.1. The van der Waals surface area contributed by atoms with Crippen LogP contribution in [0, 0.1) is 5.92 Å². The van der Waals surface area contributed by atoms with E-state index in [4.69, 9.17) is 0 Å². The second-order valence-electron chi connectivity index (χ2n) is 8.11. The van der Waals surface area contributed by atoms with Gasteiger partial charge in [0.15, 0.2) is 0 Å². The minimum atomic E-state index is -0.246. The Morgan fingerprint density at radius 2 is 1.78 bits per heavy atom. The summed E-state index contributed by atoms with van der Waals surface area (Å²) in [4.78, 5) is 39.7. The molecular weight excluding hydrogens is 402 g/mol. The van der Waals surface area contributed by atoms with Crippen molar-refractivity contribution in [3.05, 3.63) is 83.4 Å². The number of rotatable bonds is 5. The first-order valence-electron chi connectivity index (χ1n) is 10.9. The number of amides is 3. The minimum absolute atomic E-state index is 0.0300. The summed E-state index contributed by atoms with van der Waals surface area (Å²) < 4.78 is 0. The molecule has 0 saturated carbocycles. The quantitative estimate of drug-likeness (QED) is 0.653. The molecule has 0 radical (unpaired) electrons. The van der Waals surface area contributed by atoms with Gasteiger partial charge in [0.1, 0.15) is 0 Å². The van der Waals surface area contributed by atoms with E-state index in [9.17, 15) is 14.4 Å². The Hall–Kier alpha value is -3.67. The normalized spacial score (nSPS) is 15.9. The number of carbonyl (C=O) groups is 3. The van der Waals surface area contributed by atoms with Gasteiger partial charge < -0.3 is 15.5 Å². The van der Waals surface area contributed by atoms with Gasteiger partial charge >= 0.3 is 0 Å². The van der Waals surface area contributed by atoms with Crippen LogP contribution in [-0.2, 0) is 11.3 Å². The number of fused-ring (bicyclic) bond motifs is 1. The maximum Gasteiger partial charge on any atom is 0.254 e. The largest absolute Gasteiger partial charge is 0.355 e. The van der Waals surface area contributed by atoms with Gasteiger partial charge in [-0.1, -0.05) is 48.5 Å². The molecule has 0 aliphatic carbocycles. The van der Waals surface area contributed by atoms with Gasteiger partial charge in [-0.05, 0) is 47.4 Å². The Balaban J connectivity index is 1.41. The van der Waals surface area contributed by atoms with Crippen molar-refractivity contribution in [2.75, 3.05) is 20.1 Å². The Bertz CT molecular complexity index is 1150. The molecule has 164 valence electrons. The first kappa shape index (κ1) is 21.6. The maximum atomic E-state index is 13.2. The Morgan fingerprint density at radius 3 is 2.62 bits per heavy atom. The molecule has 1 aliphatic rings. The van der Waals surface area contributed by atoms with Crippen LogP contribution >= 0.6 is 0 Å². The lowest BCUT2D eigenvalue weighted by Gasteiger charge is -2.32. The predicted molar refractivity (Wildman–Crippen MR) is 124 cm³/mol. The van der Waals surface area contributed by atoms with E-state index in [1.165, 1.54) is 0 Å². The Labute approximate surface area is 187 Å². The van der Waals surface area contributed by atoms with Crippen LogP contribution < -0.4 is 10.6 Å². The molecule has 1 heterocycles. The fourth-order valence-electron chi connectivity index (χ4n) is 4.26. The lowest BCUT2D eigenvalue weighted by Crippen LogP contribution is -2.45. The topological polar surface area (TPSA) is 78.5 Å². The van der Waals surface area contributed by atoms with Crippen molar-refractivity contribution in [3.63, 3.8) is 0 Å². The smallest absolute Gasteiger partial charge is 0.254 e. The molecule has 4 rings (SSSR count). The predicted octanol–water partition coefficient (Wildman–Crippen LogP) is 3.37. The molecule has 32 heavy (non-hydrogen) atoms. The number of hydrogen-bond donors (Lipinski definition) is 2. The van der Waals surface area contributed by atoms with Crippen LogP contribution in [0.2, 0.25) is 0 Å². The van der Waals surface area contributed by atoms with E-state index < -0.39 is 0 Å². The first-order chi connectivity index (χ1) is 15.6. The number of carbonyl (C=O) groups excluding carboxylic acids is 3. The molecule has 1 atom stereocenters. The highest BCUT2D eigenvalue weighted by molar-refractivity contribution is 6.07. The van der Waals surface area contributed by atoms with Crippen molar-refractivity contribution in [1.82, 2.24) is 15.5 Å². The van der Waals surface area contributed by atoms with Crippen molar-refractivity contribution in [1.29, 1.82) is 0 Å². The summed E-state index contributed by atoms with van der Waals surface area (Å²) in [5.41, 5.74) is 2.10. The van der Waals surface area contributed by atoms with Crippen molar-refractivity contribution < 1.29 is 14.4 Å². The van der Waals surface area contributed by atoms with Gasteiger partial charge in [-0.25, -0.2) is 0 Å². The highest BCUT2D eigenvalue weighted by atomic mass is 16.2. The summed E-state index contributed by atoms with van der Waals surface area (Å²) in [7, 11) is 1.59. The maximum absolute atomic E-state index is 13.2. The van der Waals surface area contributed by atoms with E-state index in [1.807, 2.05) is 48.5 Å². The van der Waals surface area contributed by atoms with E-state index in [2.05, 4.69) is 10.6 Å². The number of benzene rings is 3. The molecule has 1 aliphatic heterocycles. The number of nitrogens with one attached hydrogen (secondary N) is 2. The second kappa shape index (κ2) is 9.64. The van der Waals surface area contributed by atoms with Crippen LogP contribution in [0.15, 0.2) is 66.7 Å². The fourth-order valence-corrected chi connectivity index (χ4v) is 4.26. The molecule has 3 aromatic carbocycles. The molecule has 6 heteroatoms. The van der Waals surface area contributed by atoms with Crippen LogP contribution in [-0.4, -0.2) is 42.8 Å². The van der Waals surface area contributed by atoms with Gasteiger partial charge in [0.05, 0.1) is 5.92 Å². The van der Waals surface area contributed by atoms with Gasteiger partial charge in [0, 0.05) is 37.8 Å². The van der Waals surface area contributed by atoms with Crippen molar-refractivity contribution >= 4 is 28.5 Å².